The molecule has 1 aliphatic heterocycles. The summed E-state index contributed by atoms with van der Waals surface area (Å²) in [6.45, 7) is 1.36. The van der Waals surface area contributed by atoms with E-state index in [4.69, 9.17) is 4.98 Å². The number of nitrogens with zero attached hydrogens (tertiary/aromatic N) is 3. The van der Waals surface area contributed by atoms with E-state index in [0.717, 1.165) is 35.0 Å². The van der Waals surface area contributed by atoms with E-state index in [0.29, 0.717) is 12.5 Å². The lowest BCUT2D eigenvalue weighted by Gasteiger charge is -2.16. The highest BCUT2D eigenvalue weighted by atomic mass is 16.3. The quantitative estimate of drug-likeness (QED) is 0.548. The molecule has 1 saturated carbocycles. The topological polar surface area (TPSA) is 94.7 Å². The van der Waals surface area contributed by atoms with Crippen LogP contribution in [0.3, 0.4) is 0 Å². The van der Waals surface area contributed by atoms with Crippen LogP contribution >= 0.6 is 0 Å². The van der Waals surface area contributed by atoms with E-state index in [9.17, 15) is 10.2 Å². The second-order valence-electron chi connectivity index (χ2n) is 7.44. The van der Waals surface area contributed by atoms with Crippen molar-refractivity contribution in [3.05, 3.63) is 47.8 Å². The Morgan fingerprint density at radius 3 is 2.89 bits per heavy atom. The molecule has 1 aliphatic carbocycles. The number of hydrogen-bond acceptors (Lipinski definition) is 6. The lowest BCUT2D eigenvalue weighted by molar-refractivity contribution is 0.185. The number of aliphatic hydroxyl groups excluding tert-OH is 2. The Morgan fingerprint density at radius 2 is 2.15 bits per heavy atom. The molecule has 3 aromatic heterocycles. The molecule has 140 valence electrons. The summed E-state index contributed by atoms with van der Waals surface area (Å²) < 4.78 is 2.06. The average Bonchev–Trinajstić information content (AvgIpc) is 3.34. The standard InChI is InChI=1S/C20H23N5O2/c26-11-13-6-20-22-8-17(25(20)10-14(13)12-4-5-12)15-2-1-3-19(23-15)24-16-7-21-9-18(16)27/h1-3,6,8,10,12,16,18,21,26-27H,4-5,7,9,11H2,(H,23,24)/t16-,18-/m0/s1. The number of anilines is 1. The van der Waals surface area contributed by atoms with Crippen LogP contribution in [0.2, 0.25) is 0 Å². The van der Waals surface area contributed by atoms with E-state index in [2.05, 4.69) is 26.2 Å². The van der Waals surface area contributed by atoms with Crippen LogP contribution in [-0.2, 0) is 6.61 Å². The normalized spacial score (nSPS) is 22.4. The van der Waals surface area contributed by atoms with E-state index >= 15 is 0 Å². The molecule has 4 heterocycles. The minimum atomic E-state index is -0.413. The van der Waals surface area contributed by atoms with Gasteiger partial charge in [0.15, 0.2) is 0 Å². The first kappa shape index (κ1) is 16.7. The predicted octanol–water partition coefficient (Wildman–Crippen LogP) is 1.51. The Morgan fingerprint density at radius 1 is 1.26 bits per heavy atom. The molecule has 27 heavy (non-hydrogen) atoms. The largest absolute Gasteiger partial charge is 0.392 e. The monoisotopic (exact) mass is 365 g/mol. The zero-order chi connectivity index (χ0) is 18.4. The summed E-state index contributed by atoms with van der Waals surface area (Å²) in [5.74, 6) is 1.29. The molecule has 4 N–H and O–H groups in total. The van der Waals surface area contributed by atoms with Gasteiger partial charge in [0, 0.05) is 19.3 Å². The van der Waals surface area contributed by atoms with E-state index < -0.39 is 6.10 Å². The van der Waals surface area contributed by atoms with Crippen LogP contribution in [-0.4, -0.2) is 49.8 Å². The lowest BCUT2D eigenvalue weighted by Crippen LogP contribution is -2.32. The van der Waals surface area contributed by atoms with Crippen LogP contribution in [0.25, 0.3) is 17.0 Å². The molecular weight excluding hydrogens is 342 g/mol. The van der Waals surface area contributed by atoms with Gasteiger partial charge in [-0.15, -0.1) is 0 Å². The molecule has 7 heteroatoms. The van der Waals surface area contributed by atoms with Crippen molar-refractivity contribution < 1.29 is 10.2 Å². The molecule has 5 rings (SSSR count). The van der Waals surface area contributed by atoms with Crippen molar-refractivity contribution in [1.82, 2.24) is 19.7 Å². The van der Waals surface area contributed by atoms with E-state index in [1.54, 1.807) is 0 Å². The van der Waals surface area contributed by atoms with Crippen molar-refractivity contribution in [1.29, 1.82) is 0 Å². The second kappa shape index (κ2) is 6.60. The van der Waals surface area contributed by atoms with Gasteiger partial charge in [-0.05, 0) is 48.1 Å². The molecule has 0 amide bonds. The highest BCUT2D eigenvalue weighted by Crippen LogP contribution is 2.42. The number of aliphatic hydroxyl groups is 2. The van der Waals surface area contributed by atoms with Gasteiger partial charge in [-0.1, -0.05) is 6.07 Å². The van der Waals surface area contributed by atoms with Crippen LogP contribution in [0.5, 0.6) is 0 Å². The van der Waals surface area contributed by atoms with Crippen LogP contribution < -0.4 is 10.6 Å². The maximum Gasteiger partial charge on any atom is 0.137 e. The van der Waals surface area contributed by atoms with E-state index in [-0.39, 0.29) is 12.6 Å². The third kappa shape index (κ3) is 3.07. The average molecular weight is 365 g/mol. The van der Waals surface area contributed by atoms with Crippen LogP contribution in [0.1, 0.15) is 29.9 Å². The van der Waals surface area contributed by atoms with Crippen molar-refractivity contribution >= 4 is 11.5 Å². The molecule has 0 spiro atoms. The number of fused-ring (bicyclic) bond motifs is 1. The predicted molar refractivity (Wildman–Crippen MR) is 103 cm³/mol. The first-order chi connectivity index (χ1) is 13.2. The maximum atomic E-state index is 10.00. The summed E-state index contributed by atoms with van der Waals surface area (Å²) in [5, 5.41) is 26.2. The summed E-state index contributed by atoms with van der Waals surface area (Å²) in [4.78, 5) is 9.25. The number of imidazole rings is 1. The molecule has 0 unspecified atom stereocenters. The van der Waals surface area contributed by atoms with Crippen molar-refractivity contribution in [3.63, 3.8) is 0 Å². The molecule has 2 fully saturated rings. The van der Waals surface area contributed by atoms with Crippen molar-refractivity contribution in [2.75, 3.05) is 18.4 Å². The molecule has 2 atom stereocenters. The van der Waals surface area contributed by atoms with Crippen molar-refractivity contribution in [2.24, 2.45) is 0 Å². The minimum Gasteiger partial charge on any atom is -0.392 e. The fourth-order valence-electron chi connectivity index (χ4n) is 3.83. The smallest absolute Gasteiger partial charge is 0.137 e. The Balaban J connectivity index is 1.51. The summed E-state index contributed by atoms with van der Waals surface area (Å²) in [6, 6.07) is 7.78. The van der Waals surface area contributed by atoms with Gasteiger partial charge in [-0.25, -0.2) is 9.97 Å². The first-order valence-electron chi connectivity index (χ1n) is 9.46. The zero-order valence-corrected chi connectivity index (χ0v) is 15.0. The highest BCUT2D eigenvalue weighted by molar-refractivity contribution is 5.63. The summed E-state index contributed by atoms with van der Waals surface area (Å²) in [6.07, 6.45) is 5.87. The van der Waals surface area contributed by atoms with Gasteiger partial charge >= 0.3 is 0 Å². The fourth-order valence-corrected chi connectivity index (χ4v) is 3.83. The molecule has 3 aromatic rings. The number of pyridine rings is 2. The minimum absolute atomic E-state index is 0.0384. The molecule has 0 radical (unpaired) electrons. The van der Waals surface area contributed by atoms with Gasteiger partial charge in [0.1, 0.15) is 11.5 Å². The first-order valence-corrected chi connectivity index (χ1v) is 9.46. The van der Waals surface area contributed by atoms with E-state index in [1.165, 1.54) is 18.4 Å². The lowest BCUT2D eigenvalue weighted by atomic mass is 10.1. The summed E-state index contributed by atoms with van der Waals surface area (Å²) >= 11 is 0. The molecule has 2 aliphatic rings. The maximum absolute atomic E-state index is 10.00. The number of nitrogens with one attached hydrogen (secondary N) is 2. The zero-order valence-electron chi connectivity index (χ0n) is 15.0. The summed E-state index contributed by atoms with van der Waals surface area (Å²) in [7, 11) is 0. The van der Waals surface area contributed by atoms with Crippen molar-refractivity contribution in [2.45, 2.75) is 37.5 Å². The third-order valence-electron chi connectivity index (χ3n) is 5.48. The fraction of sp³-hybridized carbons (Fsp3) is 0.400. The number of aromatic nitrogens is 3. The molecular formula is C20H23N5O2. The third-order valence-corrected chi connectivity index (χ3v) is 5.48. The van der Waals surface area contributed by atoms with Crippen molar-refractivity contribution in [3.8, 4) is 11.4 Å². The van der Waals surface area contributed by atoms with Crippen LogP contribution in [0.15, 0.2) is 36.7 Å². The van der Waals surface area contributed by atoms with E-state index in [1.807, 2.05) is 30.5 Å². The molecule has 7 nitrogen and oxygen atoms in total. The van der Waals surface area contributed by atoms with Gasteiger partial charge in [0.25, 0.3) is 0 Å². The summed E-state index contributed by atoms with van der Waals surface area (Å²) in [5.41, 5.74) is 4.73. The Labute approximate surface area is 157 Å². The second-order valence-corrected chi connectivity index (χ2v) is 7.44. The Hall–Kier alpha value is -2.48. The van der Waals surface area contributed by atoms with Crippen LogP contribution in [0, 0.1) is 0 Å². The van der Waals surface area contributed by atoms with Gasteiger partial charge in [0.2, 0.25) is 0 Å². The van der Waals surface area contributed by atoms with Gasteiger partial charge in [-0.2, -0.15) is 0 Å². The number of rotatable bonds is 5. The Kier molecular flexibility index (Phi) is 4.07. The number of hydrogen-bond donors (Lipinski definition) is 4. The molecule has 0 aromatic carbocycles. The molecule has 1 saturated heterocycles. The molecule has 0 bridgehead atoms. The van der Waals surface area contributed by atoms with Gasteiger partial charge in [0.05, 0.1) is 36.3 Å². The SMILES string of the molecule is OCc1cc2ncc(-c3cccc(N[C@H]4CNC[C@@H]4O)n3)n2cc1C1CC1. The van der Waals surface area contributed by atoms with Gasteiger partial charge in [-0.3, -0.25) is 4.40 Å². The van der Waals surface area contributed by atoms with Gasteiger partial charge < -0.3 is 20.8 Å². The number of β-amino-alcohol motifs (C(OH)–C–C–N with tert-alkyl or cyclic N) is 1. The van der Waals surface area contributed by atoms with Crippen LogP contribution in [0.4, 0.5) is 5.82 Å². The Bertz CT molecular complexity index is 982. The highest BCUT2D eigenvalue weighted by Gasteiger charge is 2.27.